The molecule has 18 heavy (non-hydrogen) atoms. The molecule has 0 unspecified atom stereocenters. The summed E-state index contributed by atoms with van der Waals surface area (Å²) in [5.41, 5.74) is 2.34. The Morgan fingerprint density at radius 1 is 1.39 bits per heavy atom. The zero-order chi connectivity index (χ0) is 13.1. The number of aromatic nitrogens is 3. The van der Waals surface area contributed by atoms with Crippen LogP contribution in [-0.4, -0.2) is 20.8 Å². The molecule has 1 N–H and O–H groups in total. The van der Waals surface area contributed by atoms with Crippen molar-refractivity contribution >= 4 is 22.6 Å². The molecule has 2 rings (SSSR count). The fourth-order valence-corrected chi connectivity index (χ4v) is 2.09. The Balaban J connectivity index is 2.20. The zero-order valence-electron chi connectivity index (χ0n) is 10.8. The van der Waals surface area contributed by atoms with Gasteiger partial charge in [-0.3, -0.25) is 0 Å². The zero-order valence-corrected chi connectivity index (χ0v) is 13.0. The van der Waals surface area contributed by atoms with Crippen molar-refractivity contribution in [2.75, 3.05) is 0 Å². The van der Waals surface area contributed by atoms with Crippen LogP contribution in [0.3, 0.4) is 0 Å². The minimum atomic E-state index is 0.484. The van der Waals surface area contributed by atoms with Crippen molar-refractivity contribution in [3.8, 4) is 5.82 Å². The van der Waals surface area contributed by atoms with E-state index in [4.69, 9.17) is 0 Å². The van der Waals surface area contributed by atoms with E-state index in [1.807, 2.05) is 23.3 Å². The number of hydrogen-bond donors (Lipinski definition) is 1. The first-order chi connectivity index (χ1) is 8.56. The first-order valence-electron chi connectivity index (χ1n) is 5.95. The molecule has 2 aromatic heterocycles. The summed E-state index contributed by atoms with van der Waals surface area (Å²) in [5.74, 6) is 0.895. The van der Waals surface area contributed by atoms with E-state index >= 15 is 0 Å². The number of nitrogens with one attached hydrogen (secondary N) is 1. The van der Waals surface area contributed by atoms with E-state index in [1.54, 1.807) is 0 Å². The lowest BCUT2D eigenvalue weighted by Gasteiger charge is -2.10. The van der Waals surface area contributed by atoms with Crippen molar-refractivity contribution in [2.24, 2.45) is 0 Å². The van der Waals surface area contributed by atoms with Crippen LogP contribution in [-0.2, 0) is 6.54 Å². The third-order valence-electron chi connectivity index (χ3n) is 2.59. The highest BCUT2D eigenvalue weighted by Crippen LogP contribution is 2.13. The van der Waals surface area contributed by atoms with Gasteiger partial charge < -0.3 is 5.32 Å². The van der Waals surface area contributed by atoms with Gasteiger partial charge >= 0.3 is 0 Å². The molecule has 0 fully saturated rings. The molecule has 0 saturated heterocycles. The van der Waals surface area contributed by atoms with Gasteiger partial charge in [-0.1, -0.05) is 13.8 Å². The molecule has 0 aromatic carbocycles. The van der Waals surface area contributed by atoms with E-state index in [-0.39, 0.29) is 0 Å². The maximum atomic E-state index is 4.50. The first-order valence-corrected chi connectivity index (χ1v) is 7.03. The molecule has 4 nitrogen and oxygen atoms in total. The monoisotopic (exact) mass is 356 g/mol. The predicted octanol–water partition coefficient (Wildman–Crippen LogP) is 2.68. The van der Waals surface area contributed by atoms with Crippen LogP contribution >= 0.6 is 22.6 Å². The number of aryl methyl sites for hydroxylation is 1. The molecule has 2 heterocycles. The van der Waals surface area contributed by atoms with Gasteiger partial charge in [0, 0.05) is 25.0 Å². The lowest BCUT2D eigenvalue weighted by molar-refractivity contribution is 0.587. The van der Waals surface area contributed by atoms with Crippen LogP contribution in [0.2, 0.25) is 0 Å². The summed E-state index contributed by atoms with van der Waals surface area (Å²) in [6, 6.07) is 2.64. The molecule has 0 amide bonds. The Hall–Kier alpha value is -0.950. The Morgan fingerprint density at radius 2 is 2.17 bits per heavy atom. The molecule has 0 bridgehead atoms. The molecule has 0 radical (unpaired) electrons. The van der Waals surface area contributed by atoms with Gasteiger partial charge in [0.15, 0.2) is 5.82 Å². The van der Waals surface area contributed by atoms with Crippen molar-refractivity contribution < 1.29 is 0 Å². The topological polar surface area (TPSA) is 42.7 Å². The van der Waals surface area contributed by atoms with Crippen molar-refractivity contribution in [1.82, 2.24) is 20.1 Å². The van der Waals surface area contributed by atoms with Gasteiger partial charge in [0.2, 0.25) is 0 Å². The largest absolute Gasteiger partial charge is 0.310 e. The lowest BCUT2D eigenvalue weighted by Crippen LogP contribution is -2.22. The molecule has 0 spiro atoms. The molecular formula is C13H17IN4. The van der Waals surface area contributed by atoms with Gasteiger partial charge in [0.05, 0.1) is 9.77 Å². The molecule has 5 heteroatoms. The average molecular weight is 356 g/mol. The van der Waals surface area contributed by atoms with Crippen LogP contribution < -0.4 is 5.32 Å². The Morgan fingerprint density at radius 3 is 2.72 bits per heavy atom. The third kappa shape index (κ3) is 3.29. The quantitative estimate of drug-likeness (QED) is 0.857. The molecule has 2 aromatic rings. The van der Waals surface area contributed by atoms with Gasteiger partial charge in [0.1, 0.15) is 0 Å². The highest BCUT2D eigenvalue weighted by Gasteiger charge is 2.06. The highest BCUT2D eigenvalue weighted by atomic mass is 127. The van der Waals surface area contributed by atoms with Crippen LogP contribution in [0.1, 0.15) is 25.0 Å². The summed E-state index contributed by atoms with van der Waals surface area (Å²) in [5, 5.41) is 7.67. The Bertz CT molecular complexity index is 534. The van der Waals surface area contributed by atoms with Crippen LogP contribution in [0.4, 0.5) is 0 Å². The second-order valence-electron chi connectivity index (χ2n) is 4.62. The van der Waals surface area contributed by atoms with Crippen molar-refractivity contribution in [3.63, 3.8) is 0 Å². The van der Waals surface area contributed by atoms with E-state index in [9.17, 15) is 0 Å². The van der Waals surface area contributed by atoms with Crippen LogP contribution in [0.15, 0.2) is 24.7 Å². The number of rotatable bonds is 4. The van der Waals surface area contributed by atoms with E-state index in [2.05, 4.69) is 64.8 Å². The maximum Gasteiger partial charge on any atom is 0.156 e. The number of hydrogen-bond acceptors (Lipinski definition) is 3. The predicted molar refractivity (Wildman–Crippen MR) is 80.8 cm³/mol. The standard InChI is InChI=1S/C13H17IN4/c1-9(2)15-5-11-4-10(3)13(16-6-11)18-8-12(14)7-17-18/h4,6-9,15H,5H2,1-3H3. The van der Waals surface area contributed by atoms with Crippen molar-refractivity contribution in [2.45, 2.75) is 33.4 Å². The maximum absolute atomic E-state index is 4.50. The second kappa shape index (κ2) is 5.79. The number of halogens is 1. The molecular weight excluding hydrogens is 339 g/mol. The Labute approximate surface area is 121 Å². The van der Waals surface area contributed by atoms with E-state index in [1.165, 1.54) is 5.56 Å². The van der Waals surface area contributed by atoms with Gasteiger partial charge in [-0.25, -0.2) is 9.67 Å². The van der Waals surface area contributed by atoms with Crippen LogP contribution in [0.5, 0.6) is 0 Å². The van der Waals surface area contributed by atoms with E-state index < -0.39 is 0 Å². The smallest absolute Gasteiger partial charge is 0.156 e. The fraction of sp³-hybridized carbons (Fsp3) is 0.385. The summed E-state index contributed by atoms with van der Waals surface area (Å²) in [7, 11) is 0. The average Bonchev–Trinajstić information content (AvgIpc) is 2.73. The summed E-state index contributed by atoms with van der Waals surface area (Å²) >= 11 is 2.25. The van der Waals surface area contributed by atoms with Crippen molar-refractivity contribution in [3.05, 3.63) is 39.4 Å². The van der Waals surface area contributed by atoms with Gasteiger partial charge in [-0.05, 0) is 46.7 Å². The lowest BCUT2D eigenvalue weighted by atomic mass is 10.2. The van der Waals surface area contributed by atoms with E-state index in [0.29, 0.717) is 6.04 Å². The van der Waals surface area contributed by atoms with Crippen molar-refractivity contribution in [1.29, 1.82) is 0 Å². The fourth-order valence-electron chi connectivity index (χ4n) is 1.70. The first kappa shape index (κ1) is 13.5. The second-order valence-corrected chi connectivity index (χ2v) is 5.87. The Kier molecular flexibility index (Phi) is 4.34. The molecule has 0 atom stereocenters. The third-order valence-corrected chi connectivity index (χ3v) is 3.15. The van der Waals surface area contributed by atoms with Crippen LogP contribution in [0, 0.1) is 10.5 Å². The van der Waals surface area contributed by atoms with Gasteiger partial charge in [0.25, 0.3) is 0 Å². The highest BCUT2D eigenvalue weighted by molar-refractivity contribution is 14.1. The van der Waals surface area contributed by atoms with Gasteiger partial charge in [-0.15, -0.1) is 0 Å². The van der Waals surface area contributed by atoms with E-state index in [0.717, 1.165) is 21.5 Å². The number of pyridine rings is 1. The molecule has 96 valence electrons. The molecule has 0 aliphatic carbocycles. The number of nitrogens with zero attached hydrogens (tertiary/aromatic N) is 3. The molecule has 0 aliphatic rings. The molecule has 0 aliphatic heterocycles. The summed E-state index contributed by atoms with van der Waals surface area (Å²) in [6.45, 7) is 7.19. The summed E-state index contributed by atoms with van der Waals surface area (Å²) in [4.78, 5) is 4.50. The summed E-state index contributed by atoms with van der Waals surface area (Å²) < 4.78 is 2.93. The normalized spacial score (nSPS) is 11.2. The summed E-state index contributed by atoms with van der Waals surface area (Å²) in [6.07, 6.45) is 5.71. The minimum Gasteiger partial charge on any atom is -0.310 e. The SMILES string of the molecule is Cc1cc(CNC(C)C)cnc1-n1cc(I)cn1. The van der Waals surface area contributed by atoms with Gasteiger partial charge in [-0.2, -0.15) is 5.10 Å². The molecule has 0 saturated carbocycles. The minimum absolute atomic E-state index is 0.484. The van der Waals surface area contributed by atoms with Crippen LogP contribution in [0.25, 0.3) is 5.82 Å².